The summed E-state index contributed by atoms with van der Waals surface area (Å²) in [6.07, 6.45) is 12.7. The fourth-order valence-corrected chi connectivity index (χ4v) is 1.67. The van der Waals surface area contributed by atoms with Gasteiger partial charge < -0.3 is 4.74 Å². The number of ether oxygens (including phenoxy) is 1. The van der Waals surface area contributed by atoms with E-state index >= 15 is 0 Å². The van der Waals surface area contributed by atoms with Gasteiger partial charge in [0.2, 0.25) is 0 Å². The molecule has 0 amide bonds. The van der Waals surface area contributed by atoms with Crippen LogP contribution in [0.5, 0.6) is 0 Å². The standard InChI is InChI=1S/C13H26O/c1-4-6-7-8-9-10-12-13(14-3)11-5-2/h5,13H,2,4,6-12H2,1,3H3. The summed E-state index contributed by atoms with van der Waals surface area (Å²) in [6.45, 7) is 5.99. The summed E-state index contributed by atoms with van der Waals surface area (Å²) in [6, 6.07) is 0. The van der Waals surface area contributed by atoms with Gasteiger partial charge in [0.25, 0.3) is 0 Å². The monoisotopic (exact) mass is 198 g/mol. The fourth-order valence-electron chi connectivity index (χ4n) is 1.67. The maximum atomic E-state index is 5.35. The molecular weight excluding hydrogens is 172 g/mol. The van der Waals surface area contributed by atoms with E-state index in [1.807, 2.05) is 6.08 Å². The van der Waals surface area contributed by atoms with E-state index in [2.05, 4.69) is 13.5 Å². The Hall–Kier alpha value is -0.300. The minimum Gasteiger partial charge on any atom is -0.381 e. The van der Waals surface area contributed by atoms with Crippen molar-refractivity contribution in [3.05, 3.63) is 12.7 Å². The minimum absolute atomic E-state index is 0.402. The second kappa shape index (κ2) is 10.8. The molecule has 0 aromatic carbocycles. The van der Waals surface area contributed by atoms with Gasteiger partial charge in [-0.3, -0.25) is 0 Å². The van der Waals surface area contributed by atoms with Crippen molar-refractivity contribution in [2.45, 2.75) is 64.4 Å². The van der Waals surface area contributed by atoms with Crippen LogP contribution < -0.4 is 0 Å². The number of methoxy groups -OCH3 is 1. The molecule has 1 nitrogen and oxygen atoms in total. The molecule has 0 aliphatic heterocycles. The Morgan fingerprint density at radius 3 is 2.36 bits per heavy atom. The molecule has 1 unspecified atom stereocenters. The number of unbranched alkanes of at least 4 members (excludes halogenated alkanes) is 5. The molecule has 14 heavy (non-hydrogen) atoms. The van der Waals surface area contributed by atoms with Gasteiger partial charge in [-0.05, 0) is 12.8 Å². The summed E-state index contributed by atoms with van der Waals surface area (Å²) in [5, 5.41) is 0. The molecule has 1 atom stereocenters. The van der Waals surface area contributed by atoms with E-state index in [4.69, 9.17) is 4.74 Å². The normalized spacial score (nSPS) is 12.7. The van der Waals surface area contributed by atoms with Crippen LogP contribution in [0.15, 0.2) is 12.7 Å². The van der Waals surface area contributed by atoms with Crippen LogP contribution in [0.1, 0.15) is 58.3 Å². The lowest BCUT2D eigenvalue weighted by molar-refractivity contribution is 0.0953. The zero-order valence-corrected chi connectivity index (χ0v) is 9.93. The molecule has 0 spiro atoms. The first-order chi connectivity index (χ1) is 6.85. The smallest absolute Gasteiger partial charge is 0.0605 e. The highest BCUT2D eigenvalue weighted by Crippen LogP contribution is 2.12. The zero-order valence-electron chi connectivity index (χ0n) is 9.93. The first-order valence-corrected chi connectivity index (χ1v) is 5.98. The van der Waals surface area contributed by atoms with Crippen molar-refractivity contribution in [2.24, 2.45) is 0 Å². The largest absolute Gasteiger partial charge is 0.381 e. The Morgan fingerprint density at radius 1 is 1.14 bits per heavy atom. The molecule has 0 aliphatic rings. The zero-order chi connectivity index (χ0) is 10.6. The Labute approximate surface area is 89.5 Å². The second-order valence-electron chi connectivity index (χ2n) is 3.94. The maximum Gasteiger partial charge on any atom is 0.0605 e. The molecule has 0 heterocycles. The predicted molar refractivity (Wildman–Crippen MR) is 63.6 cm³/mol. The lowest BCUT2D eigenvalue weighted by Crippen LogP contribution is -2.08. The molecule has 0 fully saturated rings. The van der Waals surface area contributed by atoms with Gasteiger partial charge in [0.15, 0.2) is 0 Å². The molecular formula is C13H26O. The maximum absolute atomic E-state index is 5.35. The summed E-state index contributed by atoms with van der Waals surface area (Å²) in [7, 11) is 1.80. The van der Waals surface area contributed by atoms with E-state index in [0.717, 1.165) is 6.42 Å². The lowest BCUT2D eigenvalue weighted by Gasteiger charge is -2.12. The second-order valence-corrected chi connectivity index (χ2v) is 3.94. The van der Waals surface area contributed by atoms with Gasteiger partial charge in [-0.2, -0.15) is 0 Å². The predicted octanol–water partition coefficient (Wildman–Crippen LogP) is 4.33. The first kappa shape index (κ1) is 13.7. The SMILES string of the molecule is C=CCC(CCCCCCCC)OC. The molecule has 0 N–H and O–H groups in total. The van der Waals surface area contributed by atoms with E-state index in [0.29, 0.717) is 6.10 Å². The Balaban J connectivity index is 3.19. The molecule has 0 saturated heterocycles. The highest BCUT2D eigenvalue weighted by molar-refractivity contribution is 4.73. The molecule has 0 rings (SSSR count). The van der Waals surface area contributed by atoms with Crippen molar-refractivity contribution < 1.29 is 4.74 Å². The Morgan fingerprint density at radius 2 is 1.79 bits per heavy atom. The van der Waals surface area contributed by atoms with Gasteiger partial charge in [-0.25, -0.2) is 0 Å². The van der Waals surface area contributed by atoms with E-state index in [-0.39, 0.29) is 0 Å². The Kier molecular flexibility index (Phi) is 10.5. The summed E-state index contributed by atoms with van der Waals surface area (Å²) in [5.74, 6) is 0. The summed E-state index contributed by atoms with van der Waals surface area (Å²) < 4.78 is 5.35. The molecule has 84 valence electrons. The van der Waals surface area contributed by atoms with Gasteiger partial charge >= 0.3 is 0 Å². The molecule has 0 radical (unpaired) electrons. The number of hydrogen-bond donors (Lipinski definition) is 0. The van der Waals surface area contributed by atoms with Crippen LogP contribution in [0, 0.1) is 0 Å². The van der Waals surface area contributed by atoms with Crippen molar-refractivity contribution in [3.8, 4) is 0 Å². The highest BCUT2D eigenvalue weighted by atomic mass is 16.5. The summed E-state index contributed by atoms with van der Waals surface area (Å²) in [5.41, 5.74) is 0. The molecule has 0 aromatic rings. The average molecular weight is 198 g/mol. The van der Waals surface area contributed by atoms with Crippen LogP contribution in [0.4, 0.5) is 0 Å². The number of hydrogen-bond acceptors (Lipinski definition) is 1. The van der Waals surface area contributed by atoms with E-state index in [1.54, 1.807) is 7.11 Å². The average Bonchev–Trinajstić information content (AvgIpc) is 2.21. The highest BCUT2D eigenvalue weighted by Gasteiger charge is 2.03. The third-order valence-electron chi connectivity index (χ3n) is 2.64. The molecule has 0 aromatic heterocycles. The van der Waals surface area contributed by atoms with Crippen LogP contribution in [0.2, 0.25) is 0 Å². The quantitative estimate of drug-likeness (QED) is 0.375. The van der Waals surface area contributed by atoms with Crippen molar-refractivity contribution in [1.29, 1.82) is 0 Å². The van der Waals surface area contributed by atoms with E-state index in [9.17, 15) is 0 Å². The summed E-state index contributed by atoms with van der Waals surface area (Å²) in [4.78, 5) is 0. The van der Waals surface area contributed by atoms with Gasteiger partial charge in [-0.1, -0.05) is 51.5 Å². The van der Waals surface area contributed by atoms with Crippen LogP contribution in [-0.2, 0) is 4.74 Å². The van der Waals surface area contributed by atoms with Gasteiger partial charge in [-0.15, -0.1) is 6.58 Å². The Bertz CT molecular complexity index is 120. The van der Waals surface area contributed by atoms with Gasteiger partial charge in [0.05, 0.1) is 6.10 Å². The van der Waals surface area contributed by atoms with Crippen LogP contribution in [0.3, 0.4) is 0 Å². The van der Waals surface area contributed by atoms with E-state index in [1.165, 1.54) is 44.9 Å². The van der Waals surface area contributed by atoms with Crippen molar-refractivity contribution >= 4 is 0 Å². The van der Waals surface area contributed by atoms with Gasteiger partial charge in [0.1, 0.15) is 0 Å². The topological polar surface area (TPSA) is 9.23 Å². The third-order valence-corrected chi connectivity index (χ3v) is 2.64. The van der Waals surface area contributed by atoms with Crippen LogP contribution in [-0.4, -0.2) is 13.2 Å². The minimum atomic E-state index is 0.402. The van der Waals surface area contributed by atoms with Crippen LogP contribution in [0.25, 0.3) is 0 Å². The molecule has 0 bridgehead atoms. The van der Waals surface area contributed by atoms with Crippen molar-refractivity contribution in [1.82, 2.24) is 0 Å². The first-order valence-electron chi connectivity index (χ1n) is 5.98. The van der Waals surface area contributed by atoms with Crippen LogP contribution >= 0.6 is 0 Å². The molecule has 0 saturated carbocycles. The van der Waals surface area contributed by atoms with E-state index < -0.39 is 0 Å². The lowest BCUT2D eigenvalue weighted by atomic mass is 10.1. The summed E-state index contributed by atoms with van der Waals surface area (Å²) >= 11 is 0. The van der Waals surface area contributed by atoms with Gasteiger partial charge in [0, 0.05) is 7.11 Å². The fraction of sp³-hybridized carbons (Fsp3) is 0.846. The number of rotatable bonds is 10. The van der Waals surface area contributed by atoms with Crippen molar-refractivity contribution in [2.75, 3.05) is 7.11 Å². The molecule has 0 aliphatic carbocycles. The third kappa shape index (κ3) is 8.31. The molecule has 1 heteroatoms. The van der Waals surface area contributed by atoms with Crippen molar-refractivity contribution in [3.63, 3.8) is 0 Å².